The Bertz CT molecular complexity index is 687. The molecule has 1 aliphatic heterocycles. The Balaban J connectivity index is 1.67. The quantitative estimate of drug-likeness (QED) is 0.626. The van der Waals surface area contributed by atoms with Crippen molar-refractivity contribution in [2.45, 2.75) is 12.5 Å². The molecule has 0 amide bonds. The maximum atomic E-state index is 11.1. The molecule has 6 nitrogen and oxygen atoms in total. The van der Waals surface area contributed by atoms with Crippen LogP contribution >= 0.6 is 0 Å². The summed E-state index contributed by atoms with van der Waals surface area (Å²) >= 11 is 0. The molecule has 1 heterocycles. The second kappa shape index (κ2) is 6.56. The number of hydrogen-bond acceptors (Lipinski definition) is 5. The van der Waals surface area contributed by atoms with Gasteiger partial charge in [0.1, 0.15) is 23.3 Å². The number of nitro groups is 1. The second-order valence-corrected chi connectivity index (χ2v) is 5.40. The summed E-state index contributed by atoms with van der Waals surface area (Å²) in [5.74, 6) is 1.56. The van der Waals surface area contributed by atoms with Crippen molar-refractivity contribution in [3.8, 4) is 11.5 Å². The van der Waals surface area contributed by atoms with Crippen molar-refractivity contribution in [1.82, 2.24) is 0 Å². The molecular formula is C17H18N2O4. The number of nitro benzene ring substituents is 1. The van der Waals surface area contributed by atoms with E-state index in [1.165, 1.54) is 6.07 Å². The standard InChI is InChI=1S/C17H18N2O4/c1-22-13-6-8-14(9-7-13)23-15-10-11-18(12-15)16-4-2-3-5-17(16)19(20)21/h2-9,15H,10-12H2,1H3/t15-/m1/s1. The van der Waals surface area contributed by atoms with Gasteiger partial charge in [0, 0.05) is 19.0 Å². The lowest BCUT2D eigenvalue weighted by atomic mass is 10.2. The molecule has 0 bridgehead atoms. The minimum absolute atomic E-state index is 0.0169. The predicted molar refractivity (Wildman–Crippen MR) is 87.3 cm³/mol. The molecule has 1 aliphatic rings. The van der Waals surface area contributed by atoms with Crippen molar-refractivity contribution in [2.75, 3.05) is 25.1 Å². The van der Waals surface area contributed by atoms with E-state index < -0.39 is 0 Å². The van der Waals surface area contributed by atoms with Crippen LogP contribution in [0.1, 0.15) is 6.42 Å². The van der Waals surface area contributed by atoms with Crippen LogP contribution < -0.4 is 14.4 Å². The van der Waals surface area contributed by atoms with E-state index in [1.807, 2.05) is 35.2 Å². The molecule has 1 fully saturated rings. The van der Waals surface area contributed by atoms with Gasteiger partial charge < -0.3 is 14.4 Å². The third-order valence-electron chi connectivity index (χ3n) is 3.93. The predicted octanol–water partition coefficient (Wildman–Crippen LogP) is 3.26. The van der Waals surface area contributed by atoms with Gasteiger partial charge in [0.2, 0.25) is 0 Å². The van der Waals surface area contributed by atoms with Gasteiger partial charge in [0.25, 0.3) is 5.69 Å². The molecule has 3 rings (SSSR count). The maximum absolute atomic E-state index is 11.1. The summed E-state index contributed by atoms with van der Waals surface area (Å²) in [6.45, 7) is 1.38. The molecule has 0 radical (unpaired) electrons. The molecule has 0 N–H and O–H groups in total. The van der Waals surface area contributed by atoms with E-state index in [9.17, 15) is 10.1 Å². The van der Waals surface area contributed by atoms with Gasteiger partial charge in [-0.2, -0.15) is 0 Å². The molecule has 120 valence electrons. The number of rotatable bonds is 5. The third kappa shape index (κ3) is 3.36. The average molecular weight is 314 g/mol. The van der Waals surface area contributed by atoms with Crippen molar-refractivity contribution < 1.29 is 14.4 Å². The molecule has 0 spiro atoms. The minimum Gasteiger partial charge on any atom is -0.497 e. The topological polar surface area (TPSA) is 64.8 Å². The molecule has 0 aliphatic carbocycles. The first-order valence-electron chi connectivity index (χ1n) is 7.46. The lowest BCUT2D eigenvalue weighted by Gasteiger charge is -2.19. The van der Waals surface area contributed by atoms with E-state index in [4.69, 9.17) is 9.47 Å². The van der Waals surface area contributed by atoms with E-state index in [0.29, 0.717) is 12.2 Å². The van der Waals surface area contributed by atoms with Crippen LogP contribution in [0.4, 0.5) is 11.4 Å². The highest BCUT2D eigenvalue weighted by Gasteiger charge is 2.28. The lowest BCUT2D eigenvalue weighted by molar-refractivity contribution is -0.384. The summed E-state index contributed by atoms with van der Waals surface area (Å²) < 4.78 is 11.1. The van der Waals surface area contributed by atoms with Crippen molar-refractivity contribution in [2.24, 2.45) is 0 Å². The summed E-state index contributed by atoms with van der Waals surface area (Å²) in [6, 6.07) is 14.3. The Morgan fingerprint density at radius 3 is 2.52 bits per heavy atom. The number of para-hydroxylation sites is 2. The van der Waals surface area contributed by atoms with E-state index in [0.717, 1.165) is 24.5 Å². The highest BCUT2D eigenvalue weighted by Crippen LogP contribution is 2.31. The van der Waals surface area contributed by atoms with Crippen LogP contribution in [0.25, 0.3) is 0 Å². The summed E-state index contributed by atoms with van der Waals surface area (Å²) in [4.78, 5) is 12.8. The van der Waals surface area contributed by atoms with Crippen molar-refractivity contribution in [3.63, 3.8) is 0 Å². The molecule has 6 heteroatoms. The van der Waals surface area contributed by atoms with Crippen LogP contribution in [0.5, 0.6) is 11.5 Å². The minimum atomic E-state index is -0.340. The Labute approximate surface area is 134 Å². The van der Waals surface area contributed by atoms with Gasteiger partial charge >= 0.3 is 0 Å². The normalized spacial score (nSPS) is 17.1. The number of anilines is 1. The zero-order valence-corrected chi connectivity index (χ0v) is 12.8. The van der Waals surface area contributed by atoms with Gasteiger partial charge in [0.05, 0.1) is 18.6 Å². The SMILES string of the molecule is COc1ccc(O[C@@H]2CCN(c3ccccc3[N+](=O)[O-])C2)cc1. The van der Waals surface area contributed by atoms with Gasteiger partial charge in [-0.05, 0) is 30.3 Å². The van der Waals surface area contributed by atoms with Gasteiger partial charge in [-0.3, -0.25) is 10.1 Å². The number of hydrogen-bond donors (Lipinski definition) is 0. The van der Waals surface area contributed by atoms with Crippen molar-refractivity contribution >= 4 is 11.4 Å². The molecule has 2 aromatic carbocycles. The van der Waals surface area contributed by atoms with Gasteiger partial charge in [-0.25, -0.2) is 0 Å². The Morgan fingerprint density at radius 1 is 1.13 bits per heavy atom. The van der Waals surface area contributed by atoms with Crippen LogP contribution in [-0.2, 0) is 0 Å². The number of benzene rings is 2. The molecule has 2 aromatic rings. The first-order chi connectivity index (χ1) is 11.2. The van der Waals surface area contributed by atoms with Gasteiger partial charge in [-0.15, -0.1) is 0 Å². The molecule has 0 unspecified atom stereocenters. The fourth-order valence-electron chi connectivity index (χ4n) is 2.78. The van der Waals surface area contributed by atoms with E-state index in [-0.39, 0.29) is 16.7 Å². The van der Waals surface area contributed by atoms with E-state index in [2.05, 4.69) is 0 Å². The summed E-state index contributed by atoms with van der Waals surface area (Å²) in [5, 5.41) is 11.1. The Kier molecular flexibility index (Phi) is 4.32. The van der Waals surface area contributed by atoms with E-state index >= 15 is 0 Å². The molecule has 23 heavy (non-hydrogen) atoms. The molecular weight excluding hydrogens is 296 g/mol. The van der Waals surface area contributed by atoms with E-state index in [1.54, 1.807) is 19.2 Å². The molecule has 0 aromatic heterocycles. The van der Waals surface area contributed by atoms with Crippen LogP contribution in [0.2, 0.25) is 0 Å². The van der Waals surface area contributed by atoms with Crippen molar-refractivity contribution in [3.05, 3.63) is 58.6 Å². The second-order valence-electron chi connectivity index (χ2n) is 5.40. The fourth-order valence-corrected chi connectivity index (χ4v) is 2.78. The first kappa shape index (κ1) is 15.1. The summed E-state index contributed by atoms with van der Waals surface area (Å²) in [7, 11) is 1.62. The van der Waals surface area contributed by atoms with Gasteiger partial charge in [0.15, 0.2) is 0 Å². The first-order valence-corrected chi connectivity index (χ1v) is 7.46. The monoisotopic (exact) mass is 314 g/mol. The molecule has 1 atom stereocenters. The molecule has 0 saturated carbocycles. The highest BCUT2D eigenvalue weighted by atomic mass is 16.6. The maximum Gasteiger partial charge on any atom is 0.292 e. The van der Waals surface area contributed by atoms with Crippen LogP contribution in [0.3, 0.4) is 0 Å². The largest absolute Gasteiger partial charge is 0.497 e. The van der Waals surface area contributed by atoms with Crippen LogP contribution in [0, 0.1) is 10.1 Å². The molecule has 1 saturated heterocycles. The third-order valence-corrected chi connectivity index (χ3v) is 3.93. The number of nitrogens with zero attached hydrogens (tertiary/aromatic N) is 2. The lowest BCUT2D eigenvalue weighted by Crippen LogP contribution is -2.25. The van der Waals surface area contributed by atoms with Crippen molar-refractivity contribution in [1.29, 1.82) is 0 Å². The highest BCUT2D eigenvalue weighted by molar-refractivity contribution is 5.63. The van der Waals surface area contributed by atoms with Crippen LogP contribution in [-0.4, -0.2) is 31.2 Å². The Hall–Kier alpha value is -2.76. The number of ether oxygens (including phenoxy) is 2. The Morgan fingerprint density at radius 2 is 1.83 bits per heavy atom. The smallest absolute Gasteiger partial charge is 0.292 e. The summed E-state index contributed by atoms with van der Waals surface area (Å²) in [5.41, 5.74) is 0.788. The summed E-state index contributed by atoms with van der Waals surface area (Å²) in [6.07, 6.45) is 0.848. The number of methoxy groups -OCH3 is 1. The fraction of sp³-hybridized carbons (Fsp3) is 0.294. The van der Waals surface area contributed by atoms with Gasteiger partial charge in [-0.1, -0.05) is 12.1 Å². The average Bonchev–Trinajstić information content (AvgIpc) is 3.04. The zero-order chi connectivity index (χ0) is 16.2. The van der Waals surface area contributed by atoms with Crippen LogP contribution in [0.15, 0.2) is 48.5 Å². The zero-order valence-electron chi connectivity index (χ0n) is 12.8.